The van der Waals surface area contributed by atoms with Crippen LogP contribution in [0.4, 0.5) is 5.69 Å². The number of amides is 1. The Morgan fingerprint density at radius 1 is 1.24 bits per heavy atom. The van der Waals surface area contributed by atoms with Crippen molar-refractivity contribution in [3.63, 3.8) is 0 Å². The van der Waals surface area contributed by atoms with E-state index in [-0.39, 0.29) is 17.9 Å². The lowest BCUT2D eigenvalue weighted by atomic mass is 9.83. The molecule has 0 aliphatic carbocycles. The van der Waals surface area contributed by atoms with E-state index >= 15 is 0 Å². The van der Waals surface area contributed by atoms with E-state index < -0.39 is 11.7 Å². The van der Waals surface area contributed by atoms with Gasteiger partial charge < -0.3 is 14.7 Å². The lowest BCUT2D eigenvalue weighted by molar-refractivity contribution is -0.145. The summed E-state index contributed by atoms with van der Waals surface area (Å²) in [6.45, 7) is 6.96. The van der Waals surface area contributed by atoms with E-state index in [1.807, 2.05) is 54.6 Å². The molecule has 1 spiro atoms. The molecule has 2 aromatic carbocycles. The quantitative estimate of drug-likeness (QED) is 0.563. The molecule has 1 N–H and O–H groups in total. The number of carbonyl (C=O) groups excluding carboxylic acids is 1. The summed E-state index contributed by atoms with van der Waals surface area (Å²) in [7, 11) is 0. The third kappa shape index (κ3) is 3.57. The van der Waals surface area contributed by atoms with Crippen LogP contribution in [0.25, 0.3) is 0 Å². The molecule has 1 fully saturated rings. The van der Waals surface area contributed by atoms with E-state index in [2.05, 4.69) is 23.8 Å². The average molecular weight is 445 g/mol. The van der Waals surface area contributed by atoms with E-state index in [1.54, 1.807) is 21.9 Å². The third-order valence-electron chi connectivity index (χ3n) is 6.76. The number of rotatable bonds is 7. The number of para-hydroxylation sites is 1. The molecular weight excluding hydrogens is 416 g/mol. The van der Waals surface area contributed by atoms with Crippen molar-refractivity contribution in [3.8, 4) is 0 Å². The number of nitrogens with zero attached hydrogens (tertiary/aromatic N) is 4. The molecule has 2 aliphatic heterocycles. The molecule has 1 amide bonds. The number of fused-ring (bicyclic) bond motifs is 2. The van der Waals surface area contributed by atoms with Gasteiger partial charge in [-0.15, -0.1) is 11.7 Å². The van der Waals surface area contributed by atoms with Gasteiger partial charge in [0.25, 0.3) is 5.91 Å². The molecule has 0 saturated carbocycles. The molecule has 3 aromatic rings. The highest BCUT2D eigenvalue weighted by Gasteiger charge is 2.59. The Morgan fingerprint density at radius 3 is 2.79 bits per heavy atom. The number of aryl methyl sites for hydroxylation is 1. The molecule has 1 saturated heterocycles. The van der Waals surface area contributed by atoms with Gasteiger partial charge in [-0.25, -0.2) is 0 Å². The standard InChI is InChI=1S/C26H28N4O3/c1-3-14-30-23-12-8-7-11-21(23)26(25(30)32)18(2)16-20(33-26)13-15-29-17-22(27-28-29)24(31)19-9-5-4-6-10-19/h3-12,17-18,20,24,31H,1,13-16H2,2H3/t18-,20+,24+,26+/m0/s1. The number of hydrogen-bond donors (Lipinski definition) is 1. The van der Waals surface area contributed by atoms with Gasteiger partial charge in [0.1, 0.15) is 11.8 Å². The van der Waals surface area contributed by atoms with E-state index in [9.17, 15) is 9.90 Å². The minimum atomic E-state index is -0.943. The summed E-state index contributed by atoms with van der Waals surface area (Å²) < 4.78 is 8.28. The van der Waals surface area contributed by atoms with Crippen LogP contribution in [0.1, 0.15) is 42.7 Å². The number of carbonyl (C=O) groups is 1. The summed E-state index contributed by atoms with van der Waals surface area (Å²) in [4.78, 5) is 15.3. The number of benzene rings is 2. The first-order chi connectivity index (χ1) is 16.0. The van der Waals surface area contributed by atoms with Crippen LogP contribution >= 0.6 is 0 Å². The molecule has 0 bridgehead atoms. The van der Waals surface area contributed by atoms with Crippen molar-refractivity contribution in [3.05, 3.63) is 90.3 Å². The van der Waals surface area contributed by atoms with E-state index in [0.717, 1.165) is 23.2 Å². The van der Waals surface area contributed by atoms with Gasteiger partial charge in [-0.2, -0.15) is 0 Å². The third-order valence-corrected chi connectivity index (χ3v) is 6.76. The molecule has 3 heterocycles. The predicted molar refractivity (Wildman–Crippen MR) is 124 cm³/mol. The molecular formula is C26H28N4O3. The molecule has 33 heavy (non-hydrogen) atoms. The van der Waals surface area contributed by atoms with Crippen molar-refractivity contribution >= 4 is 11.6 Å². The van der Waals surface area contributed by atoms with Gasteiger partial charge in [0.2, 0.25) is 0 Å². The van der Waals surface area contributed by atoms with E-state index in [0.29, 0.717) is 25.2 Å². The maximum atomic E-state index is 13.5. The Kier molecular flexibility index (Phi) is 5.60. The monoisotopic (exact) mass is 444 g/mol. The zero-order valence-electron chi connectivity index (χ0n) is 18.7. The summed E-state index contributed by atoms with van der Waals surface area (Å²) >= 11 is 0. The molecule has 4 atom stereocenters. The fraction of sp³-hybridized carbons (Fsp3) is 0.346. The smallest absolute Gasteiger partial charge is 0.264 e. The summed E-state index contributed by atoms with van der Waals surface area (Å²) in [6.07, 6.45) is 4.12. The highest BCUT2D eigenvalue weighted by molar-refractivity contribution is 6.07. The SMILES string of the molecule is C=CCN1C(=O)[C@]2(O[C@H](CCn3cc([C@H](O)c4ccccc4)nn3)C[C@@H]2C)c2ccccc21. The first-order valence-electron chi connectivity index (χ1n) is 11.4. The van der Waals surface area contributed by atoms with Gasteiger partial charge in [0.05, 0.1) is 18.0 Å². The molecule has 7 nitrogen and oxygen atoms in total. The average Bonchev–Trinajstić information content (AvgIpc) is 3.51. The van der Waals surface area contributed by atoms with Gasteiger partial charge in [0.15, 0.2) is 5.60 Å². The summed E-state index contributed by atoms with van der Waals surface area (Å²) in [5.74, 6) is 0.0461. The van der Waals surface area contributed by atoms with Crippen LogP contribution in [-0.4, -0.2) is 38.7 Å². The van der Waals surface area contributed by atoms with Gasteiger partial charge >= 0.3 is 0 Å². The van der Waals surface area contributed by atoms with Crippen LogP contribution < -0.4 is 4.90 Å². The zero-order chi connectivity index (χ0) is 23.0. The lowest BCUT2D eigenvalue weighted by Gasteiger charge is -2.28. The second-order valence-corrected chi connectivity index (χ2v) is 8.84. The van der Waals surface area contributed by atoms with Crippen LogP contribution in [0, 0.1) is 5.92 Å². The van der Waals surface area contributed by atoms with Crippen molar-refractivity contribution in [1.82, 2.24) is 15.0 Å². The number of hydrogen-bond acceptors (Lipinski definition) is 5. The Labute approximate surface area is 193 Å². The highest BCUT2D eigenvalue weighted by Crippen LogP contribution is 2.53. The number of anilines is 1. The molecule has 7 heteroatoms. The highest BCUT2D eigenvalue weighted by atomic mass is 16.5. The number of aliphatic hydroxyl groups is 1. The van der Waals surface area contributed by atoms with Crippen molar-refractivity contribution in [2.75, 3.05) is 11.4 Å². The van der Waals surface area contributed by atoms with Gasteiger partial charge in [-0.1, -0.05) is 66.7 Å². The molecule has 170 valence electrons. The predicted octanol–water partition coefficient (Wildman–Crippen LogP) is 3.60. The first kappa shape index (κ1) is 21.6. The molecule has 0 unspecified atom stereocenters. The van der Waals surface area contributed by atoms with E-state index in [4.69, 9.17) is 4.74 Å². The summed E-state index contributed by atoms with van der Waals surface area (Å²) in [5, 5.41) is 18.9. The molecule has 1 aromatic heterocycles. The number of aliphatic hydroxyl groups excluding tert-OH is 1. The minimum Gasteiger partial charge on any atom is -0.382 e. The molecule has 2 aliphatic rings. The molecule has 0 radical (unpaired) electrons. The Balaban J connectivity index is 1.30. The maximum absolute atomic E-state index is 13.5. The zero-order valence-corrected chi connectivity index (χ0v) is 18.7. The van der Waals surface area contributed by atoms with Crippen LogP contribution in [0.5, 0.6) is 0 Å². The van der Waals surface area contributed by atoms with Crippen molar-refractivity contribution in [1.29, 1.82) is 0 Å². The van der Waals surface area contributed by atoms with Crippen LogP contribution in [0.2, 0.25) is 0 Å². The van der Waals surface area contributed by atoms with Gasteiger partial charge in [-0.3, -0.25) is 9.48 Å². The summed E-state index contributed by atoms with van der Waals surface area (Å²) in [5.41, 5.74) is 2.20. The second kappa shape index (κ2) is 8.57. The maximum Gasteiger partial charge on any atom is 0.264 e. The van der Waals surface area contributed by atoms with Crippen LogP contribution in [-0.2, 0) is 21.7 Å². The largest absolute Gasteiger partial charge is 0.382 e. The van der Waals surface area contributed by atoms with Crippen molar-refractivity contribution < 1.29 is 14.6 Å². The second-order valence-electron chi connectivity index (χ2n) is 8.84. The fourth-order valence-corrected chi connectivity index (χ4v) is 5.14. The number of aromatic nitrogens is 3. The Morgan fingerprint density at radius 2 is 2.00 bits per heavy atom. The summed E-state index contributed by atoms with van der Waals surface area (Å²) in [6, 6.07) is 17.3. The Bertz CT molecular complexity index is 1160. The van der Waals surface area contributed by atoms with E-state index in [1.165, 1.54) is 0 Å². The van der Waals surface area contributed by atoms with Gasteiger partial charge in [0, 0.05) is 24.6 Å². The van der Waals surface area contributed by atoms with Crippen molar-refractivity contribution in [2.45, 2.75) is 44.1 Å². The first-order valence-corrected chi connectivity index (χ1v) is 11.4. The molecule has 5 rings (SSSR count). The lowest BCUT2D eigenvalue weighted by Crippen LogP contribution is -2.44. The van der Waals surface area contributed by atoms with Crippen LogP contribution in [0.15, 0.2) is 73.4 Å². The van der Waals surface area contributed by atoms with Crippen molar-refractivity contribution in [2.24, 2.45) is 5.92 Å². The normalized spacial score (nSPS) is 24.9. The minimum absolute atomic E-state index is 0.00683. The van der Waals surface area contributed by atoms with Gasteiger partial charge in [-0.05, 0) is 24.5 Å². The fourth-order valence-electron chi connectivity index (χ4n) is 5.14. The van der Waals surface area contributed by atoms with Crippen LogP contribution in [0.3, 0.4) is 0 Å². The number of ether oxygens (including phenoxy) is 1. The Hall–Kier alpha value is -3.29. The topological polar surface area (TPSA) is 80.5 Å².